The first-order valence-corrected chi connectivity index (χ1v) is 10.7. The number of rotatable bonds is 8. The fraction of sp³-hybridized carbons (Fsp3) is 0.182. The second kappa shape index (κ2) is 10.3. The lowest BCUT2D eigenvalue weighted by atomic mass is 10.1. The van der Waals surface area contributed by atoms with Crippen LogP contribution in [0.15, 0.2) is 65.1 Å². The van der Waals surface area contributed by atoms with Crippen LogP contribution in [0.2, 0.25) is 5.02 Å². The van der Waals surface area contributed by atoms with Crippen molar-refractivity contribution < 1.29 is 14.3 Å². The largest absolute Gasteiger partial charge is 0.465 e. The molecule has 7 nitrogen and oxygen atoms in total. The quantitative estimate of drug-likeness (QED) is 0.241. The Morgan fingerprint density at radius 1 is 1.26 bits per heavy atom. The first kappa shape index (κ1) is 22.6. The second-order valence-corrected chi connectivity index (χ2v) is 7.89. The highest BCUT2D eigenvalue weighted by Gasteiger charge is 2.13. The zero-order chi connectivity index (χ0) is 22.4. The van der Waals surface area contributed by atoms with Crippen LogP contribution in [-0.2, 0) is 22.6 Å². The molecule has 0 aliphatic rings. The highest BCUT2D eigenvalue weighted by molar-refractivity contribution is 7.99. The van der Waals surface area contributed by atoms with Gasteiger partial charge in [0.15, 0.2) is 5.16 Å². The Bertz CT molecular complexity index is 1190. The first-order chi connectivity index (χ1) is 14.9. The van der Waals surface area contributed by atoms with Gasteiger partial charge in [0.05, 0.1) is 29.3 Å². The Morgan fingerprint density at radius 3 is 2.68 bits per heavy atom. The average molecular weight is 458 g/mol. The molecule has 0 bridgehead atoms. The Hall–Kier alpha value is -3.10. The molecule has 0 saturated heterocycles. The van der Waals surface area contributed by atoms with Gasteiger partial charge >= 0.3 is 5.97 Å². The molecule has 31 heavy (non-hydrogen) atoms. The number of carbonyl (C=O) groups excluding carboxylic acids is 2. The van der Waals surface area contributed by atoms with Crippen LogP contribution in [-0.4, -0.2) is 34.3 Å². The van der Waals surface area contributed by atoms with E-state index in [1.807, 2.05) is 0 Å². The van der Waals surface area contributed by atoms with E-state index >= 15 is 0 Å². The molecule has 0 unspecified atom stereocenters. The molecule has 2 aromatic carbocycles. The molecule has 0 fully saturated rings. The van der Waals surface area contributed by atoms with Crippen LogP contribution < -0.4 is 10.9 Å². The van der Waals surface area contributed by atoms with E-state index in [4.69, 9.17) is 11.6 Å². The number of thioether (sulfide) groups is 1. The molecular formula is C22H20ClN3O4S. The van der Waals surface area contributed by atoms with E-state index in [9.17, 15) is 14.4 Å². The molecule has 0 radical (unpaired) electrons. The Labute approximate surface area is 188 Å². The van der Waals surface area contributed by atoms with E-state index < -0.39 is 5.97 Å². The molecule has 0 aliphatic heterocycles. The summed E-state index contributed by atoms with van der Waals surface area (Å²) >= 11 is 7.19. The number of carbonyl (C=O) groups is 2. The SMILES string of the molecule is C=CCn1c(SCC(=O)NCc2ccc(C(=O)OC)cc2)nc2cc(Cl)ccc2c1=O. The molecule has 0 saturated carbocycles. The number of nitrogens with one attached hydrogen (secondary N) is 1. The lowest BCUT2D eigenvalue weighted by Gasteiger charge is -2.12. The number of nitrogens with zero attached hydrogens (tertiary/aromatic N) is 2. The van der Waals surface area contributed by atoms with Crippen molar-refractivity contribution in [1.82, 2.24) is 14.9 Å². The van der Waals surface area contributed by atoms with E-state index in [-0.39, 0.29) is 23.8 Å². The minimum atomic E-state index is -0.415. The summed E-state index contributed by atoms with van der Waals surface area (Å²) in [4.78, 5) is 41.1. The number of aromatic nitrogens is 2. The molecule has 1 aromatic heterocycles. The molecule has 0 atom stereocenters. The summed E-state index contributed by atoms with van der Waals surface area (Å²) in [5.74, 6) is -0.551. The van der Waals surface area contributed by atoms with Crippen LogP contribution in [0.1, 0.15) is 15.9 Å². The highest BCUT2D eigenvalue weighted by Crippen LogP contribution is 2.20. The molecule has 1 N–H and O–H groups in total. The number of amides is 1. The lowest BCUT2D eigenvalue weighted by molar-refractivity contribution is -0.118. The van der Waals surface area contributed by atoms with E-state index in [2.05, 4.69) is 21.6 Å². The number of halogens is 1. The van der Waals surface area contributed by atoms with Crippen molar-refractivity contribution in [2.24, 2.45) is 0 Å². The van der Waals surface area contributed by atoms with Crippen molar-refractivity contribution >= 4 is 46.1 Å². The molecule has 3 rings (SSSR count). The number of methoxy groups -OCH3 is 1. The first-order valence-electron chi connectivity index (χ1n) is 9.30. The zero-order valence-corrected chi connectivity index (χ0v) is 18.3. The van der Waals surface area contributed by atoms with Crippen molar-refractivity contribution in [1.29, 1.82) is 0 Å². The van der Waals surface area contributed by atoms with Crippen LogP contribution in [0, 0.1) is 0 Å². The highest BCUT2D eigenvalue weighted by atomic mass is 35.5. The smallest absolute Gasteiger partial charge is 0.337 e. The van der Waals surface area contributed by atoms with Crippen molar-refractivity contribution in [2.45, 2.75) is 18.2 Å². The number of benzene rings is 2. The third-order valence-electron chi connectivity index (χ3n) is 4.39. The number of esters is 1. The molecular weight excluding hydrogens is 438 g/mol. The van der Waals surface area contributed by atoms with Gasteiger partial charge in [-0.1, -0.05) is 41.6 Å². The fourth-order valence-electron chi connectivity index (χ4n) is 2.83. The van der Waals surface area contributed by atoms with Crippen molar-refractivity contribution in [3.05, 3.63) is 81.6 Å². The van der Waals surface area contributed by atoms with E-state index in [0.717, 1.165) is 17.3 Å². The van der Waals surface area contributed by atoms with Crippen LogP contribution in [0.4, 0.5) is 0 Å². The number of allylic oxidation sites excluding steroid dienone is 1. The van der Waals surface area contributed by atoms with Gasteiger partial charge in [0, 0.05) is 18.1 Å². The van der Waals surface area contributed by atoms with Crippen molar-refractivity contribution in [3.8, 4) is 0 Å². The molecule has 3 aromatic rings. The van der Waals surface area contributed by atoms with Gasteiger partial charge in [-0.25, -0.2) is 9.78 Å². The minimum Gasteiger partial charge on any atom is -0.465 e. The topological polar surface area (TPSA) is 90.3 Å². The standard InChI is InChI=1S/C22H20ClN3O4S/c1-3-10-26-20(28)17-9-8-16(23)11-18(17)25-22(26)31-13-19(27)24-12-14-4-6-15(7-5-14)21(29)30-2/h3-9,11H,1,10,12-13H2,2H3,(H,24,27). The van der Waals surface area contributed by atoms with Crippen LogP contribution in [0.25, 0.3) is 10.9 Å². The van der Waals surface area contributed by atoms with Gasteiger partial charge in [0.2, 0.25) is 5.91 Å². The van der Waals surface area contributed by atoms with E-state index in [1.165, 1.54) is 11.7 Å². The predicted octanol–water partition coefficient (Wildman–Crippen LogP) is 3.43. The molecule has 160 valence electrons. The second-order valence-electron chi connectivity index (χ2n) is 6.51. The van der Waals surface area contributed by atoms with Crippen molar-refractivity contribution in [2.75, 3.05) is 12.9 Å². The molecule has 1 heterocycles. The maximum Gasteiger partial charge on any atom is 0.337 e. The summed E-state index contributed by atoms with van der Waals surface area (Å²) in [6.07, 6.45) is 1.60. The zero-order valence-electron chi connectivity index (χ0n) is 16.8. The number of fused-ring (bicyclic) bond motifs is 1. The van der Waals surface area contributed by atoms with E-state index in [0.29, 0.717) is 33.2 Å². The van der Waals surface area contributed by atoms with Gasteiger partial charge in [0.25, 0.3) is 5.56 Å². The monoisotopic (exact) mass is 457 g/mol. The summed E-state index contributed by atoms with van der Waals surface area (Å²) in [6.45, 7) is 4.27. The van der Waals surface area contributed by atoms with E-state index in [1.54, 1.807) is 48.5 Å². The maximum absolute atomic E-state index is 12.8. The van der Waals surface area contributed by atoms with Crippen LogP contribution >= 0.6 is 23.4 Å². The van der Waals surface area contributed by atoms with Gasteiger partial charge in [-0.3, -0.25) is 14.2 Å². The Morgan fingerprint density at radius 2 is 2.00 bits per heavy atom. The normalized spacial score (nSPS) is 10.6. The molecule has 1 amide bonds. The number of hydrogen-bond donors (Lipinski definition) is 1. The minimum absolute atomic E-state index is 0.0793. The summed E-state index contributed by atoms with van der Waals surface area (Å²) in [7, 11) is 1.32. The summed E-state index contributed by atoms with van der Waals surface area (Å²) < 4.78 is 6.14. The number of ether oxygens (including phenoxy) is 1. The van der Waals surface area contributed by atoms with Gasteiger partial charge in [0.1, 0.15) is 0 Å². The van der Waals surface area contributed by atoms with Gasteiger partial charge in [-0.2, -0.15) is 0 Å². The molecule has 0 aliphatic carbocycles. The predicted molar refractivity (Wildman–Crippen MR) is 122 cm³/mol. The Kier molecular flexibility index (Phi) is 7.49. The third-order valence-corrected chi connectivity index (χ3v) is 5.60. The van der Waals surface area contributed by atoms with Crippen molar-refractivity contribution in [3.63, 3.8) is 0 Å². The van der Waals surface area contributed by atoms with Crippen LogP contribution in [0.3, 0.4) is 0 Å². The van der Waals surface area contributed by atoms with Crippen LogP contribution in [0.5, 0.6) is 0 Å². The summed E-state index contributed by atoms with van der Waals surface area (Å²) in [5, 5.41) is 4.16. The lowest BCUT2D eigenvalue weighted by Crippen LogP contribution is -2.26. The van der Waals surface area contributed by atoms with Gasteiger partial charge < -0.3 is 10.1 Å². The van der Waals surface area contributed by atoms with Gasteiger partial charge in [-0.15, -0.1) is 6.58 Å². The summed E-state index contributed by atoms with van der Waals surface area (Å²) in [5.41, 5.74) is 1.55. The Balaban J connectivity index is 1.68. The third kappa shape index (κ3) is 5.53. The number of hydrogen-bond acceptors (Lipinski definition) is 6. The van der Waals surface area contributed by atoms with Gasteiger partial charge in [-0.05, 0) is 35.9 Å². The molecule has 9 heteroatoms. The molecule has 0 spiro atoms. The fourth-order valence-corrected chi connectivity index (χ4v) is 3.84. The average Bonchev–Trinajstić information content (AvgIpc) is 2.78. The maximum atomic E-state index is 12.8. The summed E-state index contributed by atoms with van der Waals surface area (Å²) in [6, 6.07) is 11.7.